The lowest BCUT2D eigenvalue weighted by molar-refractivity contribution is 0.329. The summed E-state index contributed by atoms with van der Waals surface area (Å²) in [7, 11) is 3.79. The first-order valence-electron chi connectivity index (χ1n) is 7.17. The minimum absolute atomic E-state index is 0.495. The van der Waals surface area contributed by atoms with Crippen LogP contribution in [0.2, 0.25) is 0 Å². The summed E-state index contributed by atoms with van der Waals surface area (Å²) in [5, 5.41) is 0. The van der Waals surface area contributed by atoms with E-state index in [-0.39, 0.29) is 0 Å². The number of pyridine rings is 1. The number of benzene rings is 1. The maximum atomic E-state index is 5.76. The zero-order valence-corrected chi connectivity index (χ0v) is 12.7. The summed E-state index contributed by atoms with van der Waals surface area (Å²) >= 11 is 0. The van der Waals surface area contributed by atoms with E-state index in [1.807, 2.05) is 24.4 Å². The molecule has 2 N–H and O–H groups in total. The molecule has 4 heteroatoms. The van der Waals surface area contributed by atoms with Gasteiger partial charge in [-0.2, -0.15) is 0 Å². The Labute approximate surface area is 126 Å². The molecular weight excluding hydrogens is 262 g/mol. The first-order chi connectivity index (χ1) is 10.2. The van der Waals surface area contributed by atoms with E-state index in [0.29, 0.717) is 6.54 Å². The van der Waals surface area contributed by atoms with Crippen LogP contribution in [-0.4, -0.2) is 30.6 Å². The Morgan fingerprint density at radius 3 is 2.76 bits per heavy atom. The lowest BCUT2D eigenvalue weighted by Gasteiger charge is -2.17. The number of aromatic nitrogens is 1. The summed E-state index contributed by atoms with van der Waals surface area (Å²) < 4.78 is 5.30. The highest BCUT2D eigenvalue weighted by Crippen LogP contribution is 2.20. The number of hydrogen-bond donors (Lipinski definition) is 1. The van der Waals surface area contributed by atoms with Gasteiger partial charge in [-0.05, 0) is 36.9 Å². The molecule has 0 aliphatic carbocycles. The van der Waals surface area contributed by atoms with Gasteiger partial charge >= 0.3 is 0 Å². The number of likely N-dealkylation sites (N-methyl/N-ethyl adjacent to an activating group) is 1. The van der Waals surface area contributed by atoms with Crippen molar-refractivity contribution in [3.05, 3.63) is 59.4 Å². The fourth-order valence-corrected chi connectivity index (χ4v) is 2.33. The summed E-state index contributed by atoms with van der Waals surface area (Å²) in [5.41, 5.74) is 9.18. The molecule has 0 aliphatic heterocycles. The molecule has 112 valence electrons. The van der Waals surface area contributed by atoms with Crippen molar-refractivity contribution in [3.63, 3.8) is 0 Å². The van der Waals surface area contributed by atoms with Crippen molar-refractivity contribution in [2.75, 3.05) is 20.7 Å². The molecule has 0 fully saturated rings. The van der Waals surface area contributed by atoms with E-state index < -0.39 is 0 Å². The monoisotopic (exact) mass is 285 g/mol. The van der Waals surface area contributed by atoms with Gasteiger partial charge in [-0.15, -0.1) is 0 Å². The van der Waals surface area contributed by atoms with Gasteiger partial charge in [0.15, 0.2) is 0 Å². The maximum absolute atomic E-state index is 5.76. The van der Waals surface area contributed by atoms with Crippen LogP contribution in [0.25, 0.3) is 0 Å². The van der Waals surface area contributed by atoms with Crippen LogP contribution in [0.5, 0.6) is 5.75 Å². The minimum Gasteiger partial charge on any atom is -0.496 e. The molecule has 0 bridgehead atoms. The summed E-state index contributed by atoms with van der Waals surface area (Å²) in [6.07, 6.45) is 2.80. The quantitative estimate of drug-likeness (QED) is 0.847. The van der Waals surface area contributed by atoms with Crippen molar-refractivity contribution in [2.24, 2.45) is 5.73 Å². The molecule has 2 aromatic rings. The molecule has 0 saturated carbocycles. The lowest BCUT2D eigenvalue weighted by atomic mass is 10.1. The van der Waals surface area contributed by atoms with Crippen LogP contribution in [0.15, 0.2) is 42.6 Å². The van der Waals surface area contributed by atoms with Gasteiger partial charge in [0.25, 0.3) is 0 Å². The Bertz CT molecular complexity index is 557. The third-order valence-corrected chi connectivity index (χ3v) is 3.49. The molecule has 0 saturated heterocycles. The van der Waals surface area contributed by atoms with E-state index in [9.17, 15) is 0 Å². The molecule has 1 aromatic carbocycles. The maximum Gasteiger partial charge on any atom is 0.123 e. The van der Waals surface area contributed by atoms with Crippen molar-refractivity contribution < 1.29 is 4.74 Å². The summed E-state index contributed by atoms with van der Waals surface area (Å²) in [6, 6.07) is 12.2. The fraction of sp³-hybridized carbons (Fsp3) is 0.353. The molecule has 1 heterocycles. The van der Waals surface area contributed by atoms with Gasteiger partial charge in [0.1, 0.15) is 5.75 Å². The topological polar surface area (TPSA) is 51.4 Å². The van der Waals surface area contributed by atoms with Gasteiger partial charge in [0.05, 0.1) is 7.11 Å². The van der Waals surface area contributed by atoms with E-state index in [4.69, 9.17) is 10.5 Å². The standard InChI is InChI=1S/C17H23N3O/c1-20(10-8-16-5-3-4-9-19-16)13-14-6-7-17(21-2)15(11-14)12-18/h3-7,9,11H,8,10,12-13,18H2,1-2H3. The Morgan fingerprint density at radius 2 is 2.10 bits per heavy atom. The van der Waals surface area contributed by atoms with E-state index in [2.05, 4.69) is 35.1 Å². The van der Waals surface area contributed by atoms with Crippen LogP contribution in [-0.2, 0) is 19.5 Å². The minimum atomic E-state index is 0.495. The smallest absolute Gasteiger partial charge is 0.123 e. The lowest BCUT2D eigenvalue weighted by Crippen LogP contribution is -2.21. The number of rotatable bonds is 7. The number of nitrogens with zero attached hydrogens (tertiary/aromatic N) is 2. The number of hydrogen-bond acceptors (Lipinski definition) is 4. The van der Waals surface area contributed by atoms with Gasteiger partial charge in [-0.25, -0.2) is 0 Å². The average Bonchev–Trinajstić information content (AvgIpc) is 2.53. The SMILES string of the molecule is COc1ccc(CN(C)CCc2ccccn2)cc1CN. The molecule has 2 rings (SSSR count). The van der Waals surface area contributed by atoms with E-state index >= 15 is 0 Å². The van der Waals surface area contributed by atoms with Crippen LogP contribution in [0.4, 0.5) is 0 Å². The Hall–Kier alpha value is -1.91. The Kier molecular flexibility index (Phi) is 5.72. The fourth-order valence-electron chi connectivity index (χ4n) is 2.33. The first-order valence-corrected chi connectivity index (χ1v) is 7.17. The van der Waals surface area contributed by atoms with Crippen molar-refractivity contribution >= 4 is 0 Å². The third-order valence-electron chi connectivity index (χ3n) is 3.49. The van der Waals surface area contributed by atoms with E-state index in [0.717, 1.165) is 36.5 Å². The Balaban J connectivity index is 1.91. The van der Waals surface area contributed by atoms with E-state index in [1.165, 1.54) is 5.56 Å². The van der Waals surface area contributed by atoms with Crippen molar-refractivity contribution in [1.82, 2.24) is 9.88 Å². The zero-order chi connectivity index (χ0) is 15.1. The Morgan fingerprint density at radius 1 is 1.24 bits per heavy atom. The highest BCUT2D eigenvalue weighted by molar-refractivity contribution is 5.37. The van der Waals surface area contributed by atoms with Crippen molar-refractivity contribution in [2.45, 2.75) is 19.5 Å². The molecule has 4 nitrogen and oxygen atoms in total. The van der Waals surface area contributed by atoms with Gasteiger partial charge in [-0.3, -0.25) is 4.98 Å². The predicted octanol–water partition coefficient (Wildman–Crippen LogP) is 2.22. The predicted molar refractivity (Wildman–Crippen MR) is 85.2 cm³/mol. The van der Waals surface area contributed by atoms with Crippen LogP contribution < -0.4 is 10.5 Å². The zero-order valence-electron chi connectivity index (χ0n) is 12.7. The van der Waals surface area contributed by atoms with E-state index in [1.54, 1.807) is 7.11 Å². The number of ether oxygens (including phenoxy) is 1. The summed E-state index contributed by atoms with van der Waals surface area (Å²) in [4.78, 5) is 6.64. The highest BCUT2D eigenvalue weighted by atomic mass is 16.5. The average molecular weight is 285 g/mol. The molecule has 0 aliphatic rings. The first kappa shape index (κ1) is 15.5. The van der Waals surface area contributed by atoms with Crippen LogP contribution in [0.1, 0.15) is 16.8 Å². The van der Waals surface area contributed by atoms with Gasteiger partial charge in [0.2, 0.25) is 0 Å². The number of methoxy groups -OCH3 is 1. The molecule has 0 radical (unpaired) electrons. The molecule has 0 spiro atoms. The summed E-state index contributed by atoms with van der Waals surface area (Å²) in [5.74, 6) is 0.859. The second-order valence-electron chi connectivity index (χ2n) is 5.16. The van der Waals surface area contributed by atoms with Crippen LogP contribution in [0.3, 0.4) is 0 Å². The summed E-state index contributed by atoms with van der Waals surface area (Å²) in [6.45, 7) is 2.36. The molecule has 21 heavy (non-hydrogen) atoms. The third kappa shape index (κ3) is 4.55. The molecular formula is C17H23N3O. The van der Waals surface area contributed by atoms with Crippen molar-refractivity contribution in [1.29, 1.82) is 0 Å². The highest BCUT2D eigenvalue weighted by Gasteiger charge is 2.06. The molecule has 1 aromatic heterocycles. The second-order valence-corrected chi connectivity index (χ2v) is 5.16. The van der Waals surface area contributed by atoms with Gasteiger partial charge in [0, 0.05) is 43.5 Å². The largest absolute Gasteiger partial charge is 0.496 e. The molecule has 0 unspecified atom stereocenters. The van der Waals surface area contributed by atoms with Gasteiger partial charge in [-0.1, -0.05) is 12.1 Å². The van der Waals surface area contributed by atoms with Crippen LogP contribution >= 0.6 is 0 Å². The van der Waals surface area contributed by atoms with Gasteiger partial charge < -0.3 is 15.4 Å². The molecule has 0 atom stereocenters. The normalized spacial score (nSPS) is 10.9. The molecule has 0 amide bonds. The van der Waals surface area contributed by atoms with Crippen LogP contribution in [0, 0.1) is 0 Å². The second kappa shape index (κ2) is 7.76. The number of nitrogens with two attached hydrogens (primary N) is 1. The van der Waals surface area contributed by atoms with Crippen molar-refractivity contribution in [3.8, 4) is 5.75 Å².